The summed E-state index contributed by atoms with van der Waals surface area (Å²) in [5, 5.41) is 61.6. The lowest BCUT2D eigenvalue weighted by Gasteiger charge is -2.45. The van der Waals surface area contributed by atoms with Gasteiger partial charge in [-0.2, -0.15) is 0 Å². The van der Waals surface area contributed by atoms with Gasteiger partial charge in [0.05, 0.1) is 50.3 Å². The molecule has 42 heavy (non-hydrogen) atoms. The first-order valence-corrected chi connectivity index (χ1v) is 13.1. The molecule has 6 rings (SSSR count). The van der Waals surface area contributed by atoms with Crippen molar-refractivity contribution in [1.29, 1.82) is 0 Å². The van der Waals surface area contributed by atoms with Gasteiger partial charge >= 0.3 is 11.9 Å². The highest BCUT2D eigenvalue weighted by atomic mass is 16.8. The van der Waals surface area contributed by atoms with E-state index in [2.05, 4.69) is 0 Å². The first kappa shape index (κ1) is 28.8. The Morgan fingerprint density at radius 2 is 1.86 bits per heavy atom. The molecule has 15 heteroatoms. The summed E-state index contributed by atoms with van der Waals surface area (Å²) in [6.45, 7) is -0.694. The normalized spacial score (nSPS) is 40.7. The van der Waals surface area contributed by atoms with Crippen LogP contribution >= 0.6 is 0 Å². The van der Waals surface area contributed by atoms with E-state index >= 15 is 0 Å². The van der Waals surface area contributed by atoms with Crippen LogP contribution in [0.15, 0.2) is 41.7 Å². The third kappa shape index (κ3) is 4.27. The van der Waals surface area contributed by atoms with Crippen molar-refractivity contribution in [2.75, 3.05) is 20.8 Å². The van der Waals surface area contributed by atoms with Gasteiger partial charge in [-0.05, 0) is 23.8 Å². The van der Waals surface area contributed by atoms with E-state index < -0.39 is 91.3 Å². The van der Waals surface area contributed by atoms with Gasteiger partial charge in [-0.25, -0.2) is 9.59 Å². The van der Waals surface area contributed by atoms with Crippen LogP contribution in [0.2, 0.25) is 0 Å². The molecule has 1 aromatic rings. The van der Waals surface area contributed by atoms with Crippen LogP contribution in [-0.2, 0) is 38.0 Å². The monoisotopic (exact) mass is 594 g/mol. The van der Waals surface area contributed by atoms with Crippen LogP contribution in [0.3, 0.4) is 0 Å². The fraction of sp³-hybridized carbons (Fsp3) is 0.556. The molecule has 1 aromatic carbocycles. The molecule has 0 unspecified atom stereocenters. The summed E-state index contributed by atoms with van der Waals surface area (Å²) in [6.07, 6.45) is -9.79. The van der Waals surface area contributed by atoms with E-state index in [1.807, 2.05) is 0 Å². The Bertz CT molecular complexity index is 1320. The lowest BCUT2D eigenvalue weighted by Crippen LogP contribution is -2.61. The van der Waals surface area contributed by atoms with Crippen molar-refractivity contribution in [3.8, 4) is 11.5 Å². The number of carbonyl (C=O) groups is 2. The smallest absolute Gasteiger partial charge is 0.337 e. The number of hydrogen-bond donors (Lipinski definition) is 6. The third-order valence-electron chi connectivity index (χ3n) is 8.45. The van der Waals surface area contributed by atoms with Gasteiger partial charge in [0.1, 0.15) is 36.6 Å². The average Bonchev–Trinajstić information content (AvgIpc) is 3.66. The summed E-state index contributed by atoms with van der Waals surface area (Å²) in [5.41, 5.74) is -1.48. The molecule has 4 aliphatic heterocycles. The number of phenols is 1. The van der Waals surface area contributed by atoms with Crippen molar-refractivity contribution in [1.82, 2.24) is 0 Å². The lowest BCUT2D eigenvalue weighted by molar-refractivity contribution is -0.347. The van der Waals surface area contributed by atoms with Gasteiger partial charge in [0.25, 0.3) is 0 Å². The molecule has 6 N–H and O–H groups in total. The number of methoxy groups -OCH3 is 2. The quantitative estimate of drug-likeness (QED) is 0.147. The maximum absolute atomic E-state index is 13.3. The lowest BCUT2D eigenvalue weighted by atomic mass is 9.78. The minimum atomic E-state index is -1.76. The summed E-state index contributed by atoms with van der Waals surface area (Å²) in [5.74, 6) is -3.51. The van der Waals surface area contributed by atoms with E-state index in [-0.39, 0.29) is 28.2 Å². The second-order valence-electron chi connectivity index (χ2n) is 10.7. The van der Waals surface area contributed by atoms with Gasteiger partial charge in [0, 0.05) is 5.92 Å². The molecule has 4 heterocycles. The Hall–Kier alpha value is -3.28. The molecule has 12 atom stereocenters. The van der Waals surface area contributed by atoms with Crippen molar-refractivity contribution < 1.29 is 73.4 Å². The zero-order valence-electron chi connectivity index (χ0n) is 22.3. The molecule has 2 saturated heterocycles. The molecule has 0 bridgehead atoms. The highest BCUT2D eigenvalue weighted by Crippen LogP contribution is 2.63. The topological polar surface area (TPSA) is 223 Å². The molecule has 0 amide bonds. The van der Waals surface area contributed by atoms with Crippen LogP contribution in [0, 0.1) is 11.8 Å². The number of fused-ring (bicyclic) bond motifs is 5. The molecule has 228 valence electrons. The first-order chi connectivity index (χ1) is 20.1. The highest BCUT2D eigenvalue weighted by Gasteiger charge is 2.78. The molecule has 3 fully saturated rings. The van der Waals surface area contributed by atoms with Crippen molar-refractivity contribution in [3.63, 3.8) is 0 Å². The van der Waals surface area contributed by atoms with Gasteiger partial charge in [0.15, 0.2) is 23.4 Å². The second-order valence-corrected chi connectivity index (χ2v) is 10.7. The Balaban J connectivity index is 1.37. The van der Waals surface area contributed by atoms with Gasteiger partial charge < -0.3 is 63.8 Å². The van der Waals surface area contributed by atoms with Gasteiger partial charge in [0.2, 0.25) is 6.29 Å². The number of esters is 2. The van der Waals surface area contributed by atoms with Crippen molar-refractivity contribution in [3.05, 3.63) is 47.2 Å². The molecule has 5 aliphatic rings. The Morgan fingerprint density at radius 1 is 1.10 bits per heavy atom. The van der Waals surface area contributed by atoms with Crippen molar-refractivity contribution in [2.45, 2.75) is 60.9 Å². The van der Waals surface area contributed by atoms with Gasteiger partial charge in [-0.1, -0.05) is 6.07 Å². The van der Waals surface area contributed by atoms with E-state index in [4.69, 9.17) is 33.2 Å². The van der Waals surface area contributed by atoms with E-state index in [0.29, 0.717) is 0 Å². The maximum Gasteiger partial charge on any atom is 0.337 e. The minimum absolute atomic E-state index is 0.0706. The largest absolute Gasteiger partial charge is 0.504 e. The number of aliphatic hydroxyl groups is 5. The van der Waals surface area contributed by atoms with E-state index in [1.165, 1.54) is 38.5 Å². The van der Waals surface area contributed by atoms with Crippen molar-refractivity contribution >= 4 is 11.9 Å². The van der Waals surface area contributed by atoms with Crippen LogP contribution < -0.4 is 4.74 Å². The van der Waals surface area contributed by atoms with Crippen LogP contribution in [0.5, 0.6) is 11.5 Å². The van der Waals surface area contributed by atoms with Gasteiger partial charge in [-0.15, -0.1) is 0 Å². The number of ether oxygens (including phenoxy) is 7. The molecular formula is C27H30O15. The highest BCUT2D eigenvalue weighted by molar-refractivity contribution is 5.94. The van der Waals surface area contributed by atoms with Crippen LogP contribution in [0.25, 0.3) is 0 Å². The van der Waals surface area contributed by atoms with E-state index in [0.717, 1.165) is 6.26 Å². The third-order valence-corrected chi connectivity index (χ3v) is 8.45. The summed E-state index contributed by atoms with van der Waals surface area (Å²) in [6, 6.07) is 4.06. The maximum atomic E-state index is 13.3. The minimum Gasteiger partial charge on any atom is -0.504 e. The predicted octanol–water partition coefficient (Wildman–Crippen LogP) is -2.10. The molecular weight excluding hydrogens is 564 g/mol. The number of hydrogen-bond acceptors (Lipinski definition) is 15. The summed E-state index contributed by atoms with van der Waals surface area (Å²) >= 11 is 0. The fourth-order valence-corrected chi connectivity index (χ4v) is 6.31. The SMILES string of the molecule is COC(=O)C1=CO[C@@H](O[C@@H]2O[C@H](CO)[C@@H](O)[C@H](O)[C@H]2O)[C@H]2[C@@H]1[C@@H]1O[C@@H]1[C@@]21C=C([C@@H](O)c2ccc(O)c(OC)c2)C(=O)O1. The van der Waals surface area contributed by atoms with Crippen molar-refractivity contribution in [2.24, 2.45) is 11.8 Å². The molecule has 1 aliphatic carbocycles. The number of epoxide rings is 1. The molecule has 1 saturated carbocycles. The summed E-state index contributed by atoms with van der Waals surface area (Å²) in [7, 11) is 2.51. The zero-order chi connectivity index (χ0) is 30.1. The van der Waals surface area contributed by atoms with Crippen LogP contribution in [-0.4, -0.2) is 118 Å². The molecule has 0 aromatic heterocycles. The Morgan fingerprint density at radius 3 is 2.55 bits per heavy atom. The number of aliphatic hydroxyl groups excluding tert-OH is 5. The van der Waals surface area contributed by atoms with E-state index in [9.17, 15) is 40.2 Å². The Kier molecular flexibility index (Phi) is 7.18. The standard InChI is InChI=1S/C27H30O15/c1-36-13-5-9(3-4-12(13)29)17(30)10-6-27(42-24(10)35)16-15(21-22(27)40-21)11(23(34)37-2)8-38-25(16)41-26-20(33)19(32)18(31)14(7-28)39-26/h3-6,8,14-22,25-26,28-33H,7H2,1-2H3/t14-,15-,16-,17+,18-,19+,20-,21+,22+,25+,26+,27-/m1/s1. The fourth-order valence-electron chi connectivity index (χ4n) is 6.31. The van der Waals surface area contributed by atoms with Gasteiger partial charge in [-0.3, -0.25) is 0 Å². The van der Waals surface area contributed by atoms with E-state index in [1.54, 1.807) is 0 Å². The number of aromatic hydroxyl groups is 1. The predicted molar refractivity (Wildman–Crippen MR) is 132 cm³/mol. The number of rotatable bonds is 7. The Labute approximate surface area is 238 Å². The summed E-state index contributed by atoms with van der Waals surface area (Å²) in [4.78, 5) is 25.9. The number of phenolic OH excluding ortho intramolecular Hbond substituents is 1. The zero-order valence-corrected chi connectivity index (χ0v) is 22.3. The number of benzene rings is 1. The summed E-state index contributed by atoms with van der Waals surface area (Å²) < 4.78 is 38.9. The average molecular weight is 595 g/mol. The number of carbonyl (C=O) groups excluding carboxylic acids is 2. The van der Waals surface area contributed by atoms with Crippen LogP contribution in [0.1, 0.15) is 11.7 Å². The second kappa shape index (κ2) is 10.5. The molecule has 15 nitrogen and oxygen atoms in total. The molecule has 0 radical (unpaired) electrons. The first-order valence-electron chi connectivity index (χ1n) is 13.1. The van der Waals surface area contributed by atoms with Crippen LogP contribution in [0.4, 0.5) is 0 Å². The molecule has 1 spiro atoms.